The van der Waals surface area contributed by atoms with Crippen LogP contribution in [0.2, 0.25) is 0 Å². The summed E-state index contributed by atoms with van der Waals surface area (Å²) in [5, 5.41) is 2.67. The van der Waals surface area contributed by atoms with Gasteiger partial charge in [0.15, 0.2) is 5.78 Å². The van der Waals surface area contributed by atoms with E-state index in [1.165, 1.54) is 55.3 Å². The highest BCUT2D eigenvalue weighted by Crippen LogP contribution is 2.55. The summed E-state index contributed by atoms with van der Waals surface area (Å²) in [5.74, 6) is 0.208. The van der Waals surface area contributed by atoms with Crippen molar-refractivity contribution in [1.82, 2.24) is 0 Å². The van der Waals surface area contributed by atoms with Crippen molar-refractivity contribution in [3.8, 4) is 0 Å². The van der Waals surface area contributed by atoms with E-state index in [2.05, 4.69) is 60.7 Å². The number of fused-ring (bicyclic) bond motifs is 3. The van der Waals surface area contributed by atoms with Gasteiger partial charge in [-0.05, 0) is 69.0 Å². The first-order valence-electron chi connectivity index (χ1n) is 9.89. The van der Waals surface area contributed by atoms with E-state index in [0.717, 1.165) is 19.3 Å². The molecule has 0 N–H and O–H groups in total. The van der Waals surface area contributed by atoms with Crippen LogP contribution in [-0.2, 0) is 24.1 Å². The molecular weight excluding hydrogens is 328 g/mol. The molecule has 4 aliphatic rings. The highest BCUT2D eigenvalue weighted by Gasteiger charge is 2.45. The molecule has 0 bridgehead atoms. The molecule has 0 fully saturated rings. The van der Waals surface area contributed by atoms with Gasteiger partial charge in [0.2, 0.25) is 0 Å². The second-order valence-corrected chi connectivity index (χ2v) is 8.35. The lowest BCUT2D eigenvalue weighted by Crippen LogP contribution is -2.30. The topological polar surface area (TPSA) is 17.1 Å². The fourth-order valence-electron chi connectivity index (χ4n) is 6.05. The van der Waals surface area contributed by atoms with Crippen molar-refractivity contribution in [1.29, 1.82) is 0 Å². The zero-order valence-corrected chi connectivity index (χ0v) is 15.0. The zero-order chi connectivity index (χ0) is 17.7. The number of hydrogen-bond donors (Lipinski definition) is 0. The van der Waals surface area contributed by atoms with Crippen LogP contribution in [0.4, 0.5) is 0 Å². The van der Waals surface area contributed by atoms with Gasteiger partial charge in [-0.2, -0.15) is 0 Å². The summed E-state index contributed by atoms with van der Waals surface area (Å²) in [6, 6.07) is 17.7. The van der Waals surface area contributed by atoms with Crippen molar-refractivity contribution in [2.75, 3.05) is 0 Å². The summed E-state index contributed by atoms with van der Waals surface area (Å²) < 4.78 is 0. The minimum Gasteiger partial charge on any atom is -0.298 e. The third kappa shape index (κ3) is 1.60. The smallest absolute Gasteiger partial charge is 0.156 e. The standard InChI is InChI=1S/C26H18O/c27-26-20-7-3-5-14-8-9-15-10-11-17-13-18-12-16-4-1-2-6-19(16)22(18)25(26)24(17)23(15)21(14)20/h1-4,6-11,20,25H,5,12-13H2. The lowest BCUT2D eigenvalue weighted by atomic mass is 9.64. The summed E-state index contributed by atoms with van der Waals surface area (Å²) in [5.41, 5.74) is 10.8. The molecule has 0 aliphatic heterocycles. The monoisotopic (exact) mass is 346 g/mol. The summed E-state index contributed by atoms with van der Waals surface area (Å²) in [7, 11) is 0. The minimum absolute atomic E-state index is 0.0789. The molecule has 0 radical (unpaired) electrons. The summed E-state index contributed by atoms with van der Waals surface area (Å²) >= 11 is 0. The highest BCUT2D eigenvalue weighted by atomic mass is 16.1. The molecule has 2 unspecified atom stereocenters. The van der Waals surface area contributed by atoms with Crippen molar-refractivity contribution in [2.45, 2.75) is 31.1 Å². The molecular formula is C26H18O. The number of carbonyl (C=O) groups is 1. The Balaban J connectivity index is 1.62. The SMILES string of the molecule is O=C1C2C=CCc3ccc4ccc5c(c4c32)C1C1=C(Cc2ccccc21)C5. The molecule has 27 heavy (non-hydrogen) atoms. The van der Waals surface area contributed by atoms with Gasteiger partial charge in [-0.3, -0.25) is 4.79 Å². The van der Waals surface area contributed by atoms with E-state index in [9.17, 15) is 4.79 Å². The van der Waals surface area contributed by atoms with Crippen LogP contribution < -0.4 is 0 Å². The van der Waals surface area contributed by atoms with Gasteiger partial charge >= 0.3 is 0 Å². The third-order valence-corrected chi connectivity index (χ3v) is 7.09. The maximum Gasteiger partial charge on any atom is 0.156 e. The Morgan fingerprint density at radius 2 is 1.63 bits per heavy atom. The van der Waals surface area contributed by atoms with E-state index in [-0.39, 0.29) is 11.8 Å². The fraction of sp³-hybridized carbons (Fsp3) is 0.192. The first kappa shape index (κ1) is 14.2. The number of benzene rings is 3. The van der Waals surface area contributed by atoms with Crippen molar-refractivity contribution >= 4 is 22.1 Å². The van der Waals surface area contributed by atoms with Crippen molar-refractivity contribution in [3.63, 3.8) is 0 Å². The molecule has 3 aromatic rings. The Kier molecular flexibility index (Phi) is 2.45. The Morgan fingerprint density at radius 3 is 2.56 bits per heavy atom. The predicted octanol–water partition coefficient (Wildman–Crippen LogP) is 5.27. The number of ketones is 1. The first-order chi connectivity index (χ1) is 13.3. The number of Topliss-reactive ketones (excluding diaryl/α,β-unsaturated/α-hetero) is 1. The van der Waals surface area contributed by atoms with Gasteiger partial charge in [-0.1, -0.05) is 66.3 Å². The molecule has 0 saturated carbocycles. The second-order valence-electron chi connectivity index (χ2n) is 8.35. The highest BCUT2D eigenvalue weighted by molar-refractivity contribution is 6.14. The molecule has 4 aliphatic carbocycles. The molecule has 2 atom stereocenters. The average molecular weight is 346 g/mol. The molecule has 1 heteroatoms. The maximum absolute atomic E-state index is 13.8. The van der Waals surface area contributed by atoms with Crippen LogP contribution in [-0.4, -0.2) is 5.78 Å². The Bertz CT molecular complexity index is 1270. The summed E-state index contributed by atoms with van der Waals surface area (Å²) in [6.07, 6.45) is 7.28. The predicted molar refractivity (Wildman–Crippen MR) is 108 cm³/mol. The Hall–Kier alpha value is -2.93. The molecule has 0 spiro atoms. The molecule has 0 aromatic heterocycles. The van der Waals surface area contributed by atoms with Crippen molar-refractivity contribution in [2.24, 2.45) is 0 Å². The number of rotatable bonds is 0. The van der Waals surface area contributed by atoms with Crippen LogP contribution in [0.5, 0.6) is 0 Å². The molecule has 0 saturated heterocycles. The lowest BCUT2D eigenvalue weighted by Gasteiger charge is -2.37. The zero-order valence-electron chi connectivity index (χ0n) is 15.0. The van der Waals surface area contributed by atoms with E-state index in [1.54, 1.807) is 0 Å². The summed E-state index contributed by atoms with van der Waals surface area (Å²) in [4.78, 5) is 13.8. The first-order valence-corrected chi connectivity index (χ1v) is 9.89. The van der Waals surface area contributed by atoms with Crippen LogP contribution in [0, 0.1) is 0 Å². The van der Waals surface area contributed by atoms with E-state index in [1.807, 2.05) is 0 Å². The Labute approximate surface area is 158 Å². The second kappa shape index (κ2) is 4.67. The minimum atomic E-state index is -0.0911. The van der Waals surface area contributed by atoms with Gasteiger partial charge in [-0.15, -0.1) is 0 Å². The van der Waals surface area contributed by atoms with Gasteiger partial charge in [0, 0.05) is 0 Å². The van der Waals surface area contributed by atoms with Gasteiger partial charge < -0.3 is 0 Å². The van der Waals surface area contributed by atoms with Crippen LogP contribution in [0.15, 0.2) is 66.3 Å². The largest absolute Gasteiger partial charge is 0.298 e. The molecule has 1 nitrogen and oxygen atoms in total. The van der Waals surface area contributed by atoms with Gasteiger partial charge in [0.25, 0.3) is 0 Å². The summed E-state index contributed by atoms with van der Waals surface area (Å²) in [6.45, 7) is 0. The van der Waals surface area contributed by atoms with E-state index < -0.39 is 0 Å². The van der Waals surface area contributed by atoms with Crippen LogP contribution in [0.25, 0.3) is 16.3 Å². The third-order valence-electron chi connectivity index (χ3n) is 7.09. The lowest BCUT2D eigenvalue weighted by molar-refractivity contribution is -0.120. The van der Waals surface area contributed by atoms with Gasteiger partial charge in [0.1, 0.15) is 0 Å². The molecule has 0 heterocycles. The van der Waals surface area contributed by atoms with Crippen LogP contribution in [0.3, 0.4) is 0 Å². The van der Waals surface area contributed by atoms with E-state index >= 15 is 0 Å². The average Bonchev–Trinajstić information content (AvgIpc) is 3.08. The fourth-order valence-corrected chi connectivity index (χ4v) is 6.05. The van der Waals surface area contributed by atoms with Gasteiger partial charge in [-0.25, -0.2) is 0 Å². The molecule has 3 aromatic carbocycles. The van der Waals surface area contributed by atoms with Crippen LogP contribution >= 0.6 is 0 Å². The molecule has 0 amide bonds. The van der Waals surface area contributed by atoms with Crippen molar-refractivity contribution in [3.05, 3.63) is 99.6 Å². The van der Waals surface area contributed by atoms with Crippen LogP contribution in [0.1, 0.15) is 45.2 Å². The number of carbonyl (C=O) groups excluding carboxylic acids is 1. The molecule has 7 rings (SSSR count). The number of hydrogen-bond acceptors (Lipinski definition) is 1. The van der Waals surface area contributed by atoms with Crippen molar-refractivity contribution < 1.29 is 4.79 Å². The van der Waals surface area contributed by atoms with E-state index in [4.69, 9.17) is 0 Å². The Morgan fingerprint density at radius 1 is 0.815 bits per heavy atom. The van der Waals surface area contributed by atoms with Gasteiger partial charge in [0.05, 0.1) is 11.8 Å². The number of allylic oxidation sites excluding steroid dienone is 4. The van der Waals surface area contributed by atoms with E-state index in [0.29, 0.717) is 5.78 Å². The maximum atomic E-state index is 13.8. The quantitative estimate of drug-likeness (QED) is 0.507. The normalized spacial score (nSPS) is 23.6. The molecule has 128 valence electrons.